The van der Waals surface area contributed by atoms with Gasteiger partial charge in [0, 0.05) is 45.6 Å². The third kappa shape index (κ3) is 5.44. The normalized spacial score (nSPS) is 13.7. The van der Waals surface area contributed by atoms with E-state index < -0.39 is 0 Å². The average molecular weight is 805 g/mol. The van der Waals surface area contributed by atoms with Crippen LogP contribution < -0.4 is 5.32 Å². The summed E-state index contributed by atoms with van der Waals surface area (Å²) in [6.45, 7) is 5.44. The molecule has 13 rings (SSSR count). The van der Waals surface area contributed by atoms with Gasteiger partial charge in [0.2, 0.25) is 0 Å². The highest BCUT2D eigenvalue weighted by molar-refractivity contribution is 6.24. The molecule has 10 aromatic carbocycles. The number of benzene rings is 10. The summed E-state index contributed by atoms with van der Waals surface area (Å²) >= 11 is 0. The van der Waals surface area contributed by atoms with Crippen LogP contribution in [0.15, 0.2) is 187 Å². The van der Waals surface area contributed by atoms with Gasteiger partial charge in [0.25, 0.3) is 0 Å². The highest BCUT2D eigenvalue weighted by atomic mass is 15.0. The number of nitrogens with one attached hydrogen (secondary N) is 1. The van der Waals surface area contributed by atoms with Gasteiger partial charge < -0.3 is 5.32 Å². The molecule has 11 aromatic rings. The molecule has 4 nitrogen and oxygen atoms in total. The third-order valence-corrected chi connectivity index (χ3v) is 13.8. The number of rotatable bonds is 4. The van der Waals surface area contributed by atoms with Gasteiger partial charge in [0.05, 0.1) is 29.0 Å². The van der Waals surface area contributed by atoms with E-state index in [-0.39, 0.29) is 5.41 Å². The van der Waals surface area contributed by atoms with Crippen molar-refractivity contribution in [1.29, 1.82) is 0 Å². The van der Waals surface area contributed by atoms with E-state index in [1.165, 1.54) is 93.5 Å². The van der Waals surface area contributed by atoms with Crippen LogP contribution in [0.4, 0.5) is 11.4 Å². The second-order valence-corrected chi connectivity index (χ2v) is 17.6. The molecule has 2 heterocycles. The Morgan fingerprint density at radius 3 is 1.44 bits per heavy atom. The molecule has 0 atom stereocenters. The molecular formula is C59H40N4. The molecule has 2 aliphatic rings. The minimum atomic E-state index is -0.112. The second kappa shape index (κ2) is 13.5. The molecular weight excluding hydrogens is 765 g/mol. The van der Waals surface area contributed by atoms with E-state index in [0.29, 0.717) is 0 Å². The fourth-order valence-corrected chi connectivity index (χ4v) is 10.6. The summed E-state index contributed by atoms with van der Waals surface area (Å²) in [5.74, 6) is 0. The lowest BCUT2D eigenvalue weighted by atomic mass is 9.82. The standard InChI is InChI=1S/C59H40N4/c1-59(2)53-23-19-41(37-11-7-9-35(29-37)39-17-21-45-43-13-3-5-15-47(43)55-57(51(45)33-39)62-27-25-60-55)31-49(53)50-32-42(20-24-54(50)59)38-12-8-10-36(30-38)40-18-22-46-44-14-4-6-16-48(44)56-58(52(46)34-40)63-28-26-61-56/h3-27,29-34,63H,28H2,1-2H3. The molecule has 0 amide bonds. The summed E-state index contributed by atoms with van der Waals surface area (Å²) in [4.78, 5) is 14.5. The highest BCUT2D eigenvalue weighted by Gasteiger charge is 2.35. The van der Waals surface area contributed by atoms with Gasteiger partial charge in [-0.2, -0.15) is 0 Å². The first-order chi connectivity index (χ1) is 31.0. The van der Waals surface area contributed by atoms with Crippen molar-refractivity contribution in [2.24, 2.45) is 4.99 Å². The lowest BCUT2D eigenvalue weighted by molar-refractivity contribution is 0.660. The van der Waals surface area contributed by atoms with Gasteiger partial charge in [-0.1, -0.05) is 147 Å². The second-order valence-electron chi connectivity index (χ2n) is 17.6. The van der Waals surface area contributed by atoms with E-state index in [9.17, 15) is 0 Å². The maximum atomic E-state index is 4.85. The van der Waals surface area contributed by atoms with Crippen molar-refractivity contribution in [3.63, 3.8) is 0 Å². The zero-order valence-corrected chi connectivity index (χ0v) is 34.9. The molecule has 1 aromatic heterocycles. The van der Waals surface area contributed by atoms with Gasteiger partial charge in [0.15, 0.2) is 0 Å². The van der Waals surface area contributed by atoms with Crippen LogP contribution in [0, 0.1) is 0 Å². The van der Waals surface area contributed by atoms with Crippen LogP contribution in [0.2, 0.25) is 0 Å². The van der Waals surface area contributed by atoms with Crippen molar-refractivity contribution in [3.05, 3.63) is 193 Å². The molecule has 0 fully saturated rings. The fourth-order valence-electron chi connectivity index (χ4n) is 10.6. The van der Waals surface area contributed by atoms with Crippen molar-refractivity contribution in [1.82, 2.24) is 9.97 Å². The predicted molar refractivity (Wildman–Crippen MR) is 266 cm³/mol. The van der Waals surface area contributed by atoms with Gasteiger partial charge in [-0.25, -0.2) is 0 Å². The number of aromatic nitrogens is 2. The first-order valence-corrected chi connectivity index (χ1v) is 21.8. The Hall–Kier alpha value is -7.95. The van der Waals surface area contributed by atoms with Crippen LogP contribution in [-0.2, 0) is 5.41 Å². The third-order valence-electron chi connectivity index (χ3n) is 13.8. The Kier molecular flexibility index (Phi) is 7.68. The molecule has 1 aliphatic carbocycles. The number of aliphatic imine (C=N–C) groups is 1. The molecule has 1 N–H and O–H groups in total. The summed E-state index contributed by atoms with van der Waals surface area (Å²) < 4.78 is 0. The monoisotopic (exact) mass is 804 g/mol. The van der Waals surface area contributed by atoms with Crippen molar-refractivity contribution in [2.75, 3.05) is 11.9 Å². The number of anilines is 1. The number of nitrogens with zero attached hydrogens (tertiary/aromatic N) is 3. The molecule has 0 saturated carbocycles. The quantitative estimate of drug-likeness (QED) is 0.180. The molecule has 0 saturated heterocycles. The van der Waals surface area contributed by atoms with E-state index in [1.807, 2.05) is 6.21 Å². The molecule has 0 unspecified atom stereocenters. The Balaban J connectivity index is 0.873. The first kappa shape index (κ1) is 35.8. The number of hydrogen-bond acceptors (Lipinski definition) is 4. The first-order valence-electron chi connectivity index (χ1n) is 21.8. The lowest BCUT2D eigenvalue weighted by Crippen LogP contribution is -2.14. The van der Waals surface area contributed by atoms with Gasteiger partial charge >= 0.3 is 0 Å². The molecule has 0 spiro atoms. The maximum Gasteiger partial charge on any atom is 0.0971 e. The lowest BCUT2D eigenvalue weighted by Gasteiger charge is -2.21. The van der Waals surface area contributed by atoms with Crippen LogP contribution in [0.3, 0.4) is 0 Å². The minimum Gasteiger partial charge on any atom is -0.378 e. The van der Waals surface area contributed by atoms with E-state index in [2.05, 4.69) is 189 Å². The maximum absolute atomic E-state index is 4.85. The molecule has 4 heteroatoms. The highest BCUT2D eigenvalue weighted by Crippen LogP contribution is 2.51. The Morgan fingerprint density at radius 2 is 0.841 bits per heavy atom. The zero-order chi connectivity index (χ0) is 41.8. The van der Waals surface area contributed by atoms with Gasteiger partial charge in [0.1, 0.15) is 0 Å². The zero-order valence-electron chi connectivity index (χ0n) is 34.9. The van der Waals surface area contributed by atoms with Crippen molar-refractivity contribution in [3.8, 4) is 55.6 Å². The van der Waals surface area contributed by atoms with Crippen LogP contribution in [0.5, 0.6) is 0 Å². The Labute approximate surface area is 365 Å². The molecule has 1 aliphatic heterocycles. The summed E-state index contributed by atoms with van der Waals surface area (Å²) in [5.41, 5.74) is 18.8. The van der Waals surface area contributed by atoms with Crippen LogP contribution in [0.25, 0.3) is 110 Å². The number of fused-ring (bicyclic) bond motifs is 15. The topological polar surface area (TPSA) is 50.2 Å². The van der Waals surface area contributed by atoms with Crippen molar-refractivity contribution < 1.29 is 0 Å². The van der Waals surface area contributed by atoms with Gasteiger partial charge in [-0.3, -0.25) is 15.0 Å². The van der Waals surface area contributed by atoms with Crippen LogP contribution in [0.1, 0.15) is 25.0 Å². The summed E-state index contributed by atoms with van der Waals surface area (Å²) in [6, 6.07) is 62.9. The largest absolute Gasteiger partial charge is 0.378 e. The fraction of sp³-hybridized carbons (Fsp3) is 0.0678. The summed E-state index contributed by atoms with van der Waals surface area (Å²) in [7, 11) is 0. The van der Waals surface area contributed by atoms with Crippen molar-refractivity contribution >= 4 is 71.7 Å². The predicted octanol–water partition coefficient (Wildman–Crippen LogP) is 15.3. The van der Waals surface area contributed by atoms with E-state index >= 15 is 0 Å². The SMILES string of the molecule is CC1(C)c2ccc(-c3cccc(-c4ccc5c(c4)c4c(c6ccccc65)N=CCN4)c3)cc2-c2cc(-c3cccc(-c4ccc5c6ccccc6c6nccnc6c5c4)c3)ccc21. The Morgan fingerprint density at radius 1 is 0.397 bits per heavy atom. The average Bonchev–Trinajstić information content (AvgIpc) is 3.58. The van der Waals surface area contributed by atoms with Crippen LogP contribution in [-0.4, -0.2) is 22.7 Å². The summed E-state index contributed by atoms with van der Waals surface area (Å²) in [5, 5.41) is 13.1. The van der Waals surface area contributed by atoms with Gasteiger partial charge in [-0.05, 0) is 125 Å². The van der Waals surface area contributed by atoms with Crippen LogP contribution >= 0.6 is 0 Å². The Bertz CT molecular complexity index is 3750. The number of hydrogen-bond donors (Lipinski definition) is 1. The van der Waals surface area contributed by atoms with Crippen molar-refractivity contribution in [2.45, 2.75) is 19.3 Å². The smallest absolute Gasteiger partial charge is 0.0971 e. The molecule has 0 radical (unpaired) electrons. The van der Waals surface area contributed by atoms with E-state index in [0.717, 1.165) is 45.3 Å². The van der Waals surface area contributed by atoms with E-state index in [1.54, 1.807) is 12.4 Å². The molecule has 63 heavy (non-hydrogen) atoms. The van der Waals surface area contributed by atoms with E-state index in [4.69, 9.17) is 15.0 Å². The minimum absolute atomic E-state index is 0.112. The van der Waals surface area contributed by atoms with Gasteiger partial charge in [-0.15, -0.1) is 0 Å². The molecule has 296 valence electrons. The summed E-state index contributed by atoms with van der Waals surface area (Å²) in [6.07, 6.45) is 5.55. The molecule has 0 bridgehead atoms.